The highest BCUT2D eigenvalue weighted by Gasteiger charge is 1.94. The maximum atomic E-state index is 11.3. The zero-order chi connectivity index (χ0) is 10.9. The number of hydrogen-bond acceptors (Lipinski definition) is 3. The van der Waals surface area contributed by atoms with Crippen molar-refractivity contribution in [3.8, 4) is 0 Å². The lowest BCUT2D eigenvalue weighted by atomic mass is 10.4. The maximum Gasteiger partial charge on any atom is 0.244 e. The summed E-state index contributed by atoms with van der Waals surface area (Å²) in [6, 6.07) is 3.93. The topological polar surface area (TPSA) is 38.3 Å². The molecule has 1 heterocycles. The first-order valence-electron chi connectivity index (χ1n) is 4.81. The highest BCUT2D eigenvalue weighted by molar-refractivity contribution is 7.10. The zero-order valence-corrected chi connectivity index (χ0v) is 9.55. The number of thiophene rings is 1. The Balaban J connectivity index is 2.18. The summed E-state index contributed by atoms with van der Waals surface area (Å²) >= 11 is 1.61. The summed E-state index contributed by atoms with van der Waals surface area (Å²) in [5, 5.41) is 4.76. The van der Waals surface area contributed by atoms with Crippen molar-refractivity contribution in [2.45, 2.75) is 6.42 Å². The van der Waals surface area contributed by atoms with E-state index < -0.39 is 0 Å². The Morgan fingerprint density at radius 3 is 3.20 bits per heavy atom. The van der Waals surface area contributed by atoms with Crippen molar-refractivity contribution in [2.75, 3.05) is 20.3 Å². The number of nitrogens with one attached hydrogen (secondary N) is 1. The molecule has 0 aliphatic rings. The number of hydrogen-bond donors (Lipinski definition) is 1. The predicted molar refractivity (Wildman–Crippen MR) is 62.9 cm³/mol. The standard InChI is InChI=1S/C11H15NO2S/c1-14-8-3-7-12-11(13)6-5-10-4-2-9-15-10/h2,4-6,9H,3,7-8H2,1H3,(H,12,13)/b6-5+. The van der Waals surface area contributed by atoms with E-state index in [1.165, 1.54) is 0 Å². The smallest absolute Gasteiger partial charge is 0.244 e. The van der Waals surface area contributed by atoms with Gasteiger partial charge in [-0.25, -0.2) is 0 Å². The summed E-state index contributed by atoms with van der Waals surface area (Å²) in [5.41, 5.74) is 0. The molecule has 0 fully saturated rings. The van der Waals surface area contributed by atoms with Gasteiger partial charge in [-0.3, -0.25) is 4.79 Å². The number of carbonyl (C=O) groups is 1. The summed E-state index contributed by atoms with van der Waals surface area (Å²) in [7, 11) is 1.65. The summed E-state index contributed by atoms with van der Waals surface area (Å²) in [5.74, 6) is -0.0560. The van der Waals surface area contributed by atoms with Crippen LogP contribution in [-0.4, -0.2) is 26.2 Å². The fourth-order valence-electron chi connectivity index (χ4n) is 1.03. The Hall–Kier alpha value is -1.13. The van der Waals surface area contributed by atoms with Crippen LogP contribution in [0.25, 0.3) is 6.08 Å². The monoisotopic (exact) mass is 225 g/mol. The first kappa shape index (κ1) is 11.9. The maximum absolute atomic E-state index is 11.3. The molecule has 0 atom stereocenters. The molecule has 4 heteroatoms. The minimum atomic E-state index is -0.0560. The van der Waals surface area contributed by atoms with Gasteiger partial charge < -0.3 is 10.1 Å². The highest BCUT2D eigenvalue weighted by atomic mass is 32.1. The molecule has 0 aromatic carbocycles. The third kappa shape index (κ3) is 5.34. The average molecular weight is 225 g/mol. The SMILES string of the molecule is COCCCNC(=O)/C=C/c1cccs1. The van der Waals surface area contributed by atoms with E-state index in [4.69, 9.17) is 4.74 Å². The van der Waals surface area contributed by atoms with Crippen LogP contribution in [0.3, 0.4) is 0 Å². The molecule has 0 spiro atoms. The molecular weight excluding hydrogens is 210 g/mol. The normalized spacial score (nSPS) is 10.7. The fourth-order valence-corrected chi connectivity index (χ4v) is 1.65. The highest BCUT2D eigenvalue weighted by Crippen LogP contribution is 2.09. The molecule has 0 radical (unpaired) electrons. The lowest BCUT2D eigenvalue weighted by molar-refractivity contribution is -0.116. The summed E-state index contributed by atoms with van der Waals surface area (Å²) in [6.45, 7) is 1.33. The first-order valence-corrected chi connectivity index (χ1v) is 5.69. The van der Waals surface area contributed by atoms with E-state index in [1.54, 1.807) is 24.5 Å². The second-order valence-electron chi connectivity index (χ2n) is 2.99. The molecule has 15 heavy (non-hydrogen) atoms. The van der Waals surface area contributed by atoms with Crippen molar-refractivity contribution < 1.29 is 9.53 Å². The Morgan fingerprint density at radius 1 is 1.67 bits per heavy atom. The largest absolute Gasteiger partial charge is 0.385 e. The van der Waals surface area contributed by atoms with Crippen LogP contribution in [-0.2, 0) is 9.53 Å². The van der Waals surface area contributed by atoms with Crippen molar-refractivity contribution >= 4 is 23.3 Å². The molecule has 82 valence electrons. The molecule has 0 unspecified atom stereocenters. The molecule has 0 saturated heterocycles. The van der Waals surface area contributed by atoms with Crippen LogP contribution in [0.1, 0.15) is 11.3 Å². The number of rotatable bonds is 6. The van der Waals surface area contributed by atoms with Gasteiger partial charge in [0.15, 0.2) is 0 Å². The molecule has 0 bridgehead atoms. The Bertz CT molecular complexity index is 306. The number of methoxy groups -OCH3 is 1. The van der Waals surface area contributed by atoms with E-state index >= 15 is 0 Å². The van der Waals surface area contributed by atoms with Crippen molar-refractivity contribution in [3.63, 3.8) is 0 Å². The molecule has 1 rings (SSSR count). The quantitative estimate of drug-likeness (QED) is 0.593. The van der Waals surface area contributed by atoms with Crippen molar-refractivity contribution in [3.05, 3.63) is 28.5 Å². The van der Waals surface area contributed by atoms with Gasteiger partial charge in [0.2, 0.25) is 5.91 Å². The summed E-state index contributed by atoms with van der Waals surface area (Å²) < 4.78 is 4.87. The molecule has 1 amide bonds. The Morgan fingerprint density at radius 2 is 2.53 bits per heavy atom. The lowest BCUT2D eigenvalue weighted by Gasteiger charge is -2.00. The third-order valence-electron chi connectivity index (χ3n) is 1.77. The van der Waals surface area contributed by atoms with Gasteiger partial charge >= 0.3 is 0 Å². The van der Waals surface area contributed by atoms with E-state index in [0.29, 0.717) is 13.2 Å². The molecule has 0 saturated carbocycles. The van der Waals surface area contributed by atoms with Gasteiger partial charge in [0, 0.05) is 31.2 Å². The van der Waals surface area contributed by atoms with Crippen LogP contribution in [0.15, 0.2) is 23.6 Å². The summed E-state index contributed by atoms with van der Waals surface area (Å²) in [4.78, 5) is 12.4. The van der Waals surface area contributed by atoms with Crippen LogP contribution < -0.4 is 5.32 Å². The lowest BCUT2D eigenvalue weighted by Crippen LogP contribution is -2.22. The van der Waals surface area contributed by atoms with Crippen molar-refractivity contribution in [1.82, 2.24) is 5.32 Å². The average Bonchev–Trinajstić information content (AvgIpc) is 2.74. The van der Waals surface area contributed by atoms with Gasteiger partial charge in [-0.1, -0.05) is 6.07 Å². The minimum Gasteiger partial charge on any atom is -0.385 e. The molecule has 3 nitrogen and oxygen atoms in total. The minimum absolute atomic E-state index is 0.0560. The van der Waals surface area contributed by atoms with E-state index in [0.717, 1.165) is 11.3 Å². The second-order valence-corrected chi connectivity index (χ2v) is 3.97. The van der Waals surface area contributed by atoms with E-state index in [-0.39, 0.29) is 5.91 Å². The van der Waals surface area contributed by atoms with Gasteiger partial charge in [0.25, 0.3) is 0 Å². The van der Waals surface area contributed by atoms with Gasteiger partial charge in [-0.2, -0.15) is 0 Å². The molecular formula is C11H15NO2S. The fraction of sp³-hybridized carbons (Fsp3) is 0.364. The predicted octanol–water partition coefficient (Wildman–Crippen LogP) is 1.91. The first-order chi connectivity index (χ1) is 7.33. The number of ether oxygens (including phenoxy) is 1. The van der Waals surface area contributed by atoms with Gasteiger partial charge in [-0.05, 0) is 23.9 Å². The van der Waals surface area contributed by atoms with E-state index in [1.807, 2.05) is 23.6 Å². The second kappa shape index (κ2) is 7.20. The van der Waals surface area contributed by atoms with E-state index in [2.05, 4.69) is 5.32 Å². The van der Waals surface area contributed by atoms with Gasteiger partial charge in [0.1, 0.15) is 0 Å². The van der Waals surface area contributed by atoms with E-state index in [9.17, 15) is 4.79 Å². The van der Waals surface area contributed by atoms with Crippen LogP contribution in [0.5, 0.6) is 0 Å². The van der Waals surface area contributed by atoms with Crippen molar-refractivity contribution in [2.24, 2.45) is 0 Å². The van der Waals surface area contributed by atoms with Crippen LogP contribution in [0.4, 0.5) is 0 Å². The molecule has 1 N–H and O–H groups in total. The summed E-state index contributed by atoms with van der Waals surface area (Å²) in [6.07, 6.45) is 4.21. The third-order valence-corrected chi connectivity index (χ3v) is 2.60. The number of carbonyl (C=O) groups excluding carboxylic acids is 1. The van der Waals surface area contributed by atoms with Crippen molar-refractivity contribution in [1.29, 1.82) is 0 Å². The zero-order valence-electron chi connectivity index (χ0n) is 8.73. The van der Waals surface area contributed by atoms with Crippen LogP contribution in [0.2, 0.25) is 0 Å². The number of amides is 1. The van der Waals surface area contributed by atoms with Crippen LogP contribution in [0, 0.1) is 0 Å². The molecule has 0 aliphatic carbocycles. The Labute approximate surface area is 93.8 Å². The molecule has 1 aromatic heterocycles. The molecule has 1 aromatic rings. The Kier molecular flexibility index (Phi) is 5.73. The van der Waals surface area contributed by atoms with Gasteiger partial charge in [0.05, 0.1) is 0 Å². The van der Waals surface area contributed by atoms with Gasteiger partial charge in [-0.15, -0.1) is 11.3 Å². The van der Waals surface area contributed by atoms with Crippen LogP contribution >= 0.6 is 11.3 Å². The molecule has 0 aliphatic heterocycles.